The number of hydrogen-bond donors (Lipinski definition) is 2. The molecule has 0 aromatic heterocycles. The average molecular weight is 421 g/mol. The number of nitrogens with one attached hydrogen (secondary N) is 2. The summed E-state index contributed by atoms with van der Waals surface area (Å²) in [7, 11) is -2.16. The van der Waals surface area contributed by atoms with Crippen LogP contribution in [0.5, 0.6) is 0 Å². The van der Waals surface area contributed by atoms with Gasteiger partial charge in [-0.15, -0.1) is 0 Å². The number of carbonyl (C=O) groups excluding carboxylic acids is 1. The van der Waals surface area contributed by atoms with Crippen LogP contribution in [0.15, 0.2) is 53.4 Å². The van der Waals surface area contributed by atoms with Crippen molar-refractivity contribution in [2.75, 3.05) is 20.3 Å². The minimum atomic E-state index is -3.65. The summed E-state index contributed by atoms with van der Waals surface area (Å²) in [5, 5.41) is 3.10. The van der Waals surface area contributed by atoms with Crippen LogP contribution in [0.3, 0.4) is 0 Å². The molecule has 0 spiro atoms. The Labute approximate surface area is 170 Å². The Morgan fingerprint density at radius 2 is 1.69 bits per heavy atom. The molecule has 1 amide bonds. The van der Waals surface area contributed by atoms with Crippen LogP contribution in [0.1, 0.15) is 41.6 Å². The molecular weight excluding hydrogens is 395 g/mol. The van der Waals surface area contributed by atoms with Gasteiger partial charge in [0.2, 0.25) is 10.0 Å². The van der Waals surface area contributed by atoms with E-state index in [1.54, 1.807) is 12.1 Å². The van der Waals surface area contributed by atoms with Gasteiger partial charge in [0.15, 0.2) is 0 Å². The first-order valence-electron chi connectivity index (χ1n) is 9.54. The number of benzene rings is 2. The van der Waals surface area contributed by atoms with Crippen LogP contribution < -0.4 is 10.0 Å². The topological polar surface area (TPSA) is 84.5 Å². The summed E-state index contributed by atoms with van der Waals surface area (Å²) in [5.41, 5.74) is 0.720. The van der Waals surface area contributed by atoms with Crippen molar-refractivity contribution in [3.63, 3.8) is 0 Å². The lowest BCUT2D eigenvalue weighted by Crippen LogP contribution is -2.43. The fraction of sp³-hybridized carbons (Fsp3) is 0.381. The fourth-order valence-corrected chi connectivity index (χ4v) is 4.68. The predicted octanol–water partition coefficient (Wildman–Crippen LogP) is 2.95. The van der Waals surface area contributed by atoms with E-state index in [1.807, 2.05) is 0 Å². The van der Waals surface area contributed by atoms with Gasteiger partial charge in [-0.3, -0.25) is 4.79 Å². The molecule has 0 atom stereocenters. The third kappa shape index (κ3) is 5.01. The van der Waals surface area contributed by atoms with Crippen LogP contribution in [0.2, 0.25) is 0 Å². The fourth-order valence-electron chi connectivity index (χ4n) is 3.67. The molecule has 29 heavy (non-hydrogen) atoms. The summed E-state index contributed by atoms with van der Waals surface area (Å²) in [6.45, 7) is 0.437. The van der Waals surface area contributed by atoms with Crippen molar-refractivity contribution >= 4 is 15.9 Å². The first kappa shape index (κ1) is 21.4. The van der Waals surface area contributed by atoms with Crippen molar-refractivity contribution in [2.45, 2.75) is 36.1 Å². The third-order valence-corrected chi connectivity index (χ3v) is 6.71. The lowest BCUT2D eigenvalue weighted by Gasteiger charge is -2.31. The summed E-state index contributed by atoms with van der Waals surface area (Å²) in [6.07, 6.45) is 3.50. The second kappa shape index (κ2) is 9.02. The van der Waals surface area contributed by atoms with Crippen molar-refractivity contribution in [3.05, 3.63) is 65.5 Å². The number of rotatable bonds is 8. The van der Waals surface area contributed by atoms with Crippen LogP contribution in [-0.2, 0) is 20.3 Å². The minimum absolute atomic E-state index is 0.0827. The van der Waals surface area contributed by atoms with Crippen LogP contribution in [-0.4, -0.2) is 34.6 Å². The number of halogens is 1. The second-order valence-electron chi connectivity index (χ2n) is 7.17. The highest BCUT2D eigenvalue weighted by atomic mass is 32.2. The van der Waals surface area contributed by atoms with Crippen molar-refractivity contribution in [2.24, 2.45) is 0 Å². The summed E-state index contributed by atoms with van der Waals surface area (Å²) in [5.74, 6) is -0.600. The maximum Gasteiger partial charge on any atom is 0.251 e. The van der Waals surface area contributed by atoms with Crippen LogP contribution in [0.4, 0.5) is 4.39 Å². The molecule has 8 heteroatoms. The number of methoxy groups -OCH3 is 1. The van der Waals surface area contributed by atoms with Gasteiger partial charge in [0.25, 0.3) is 5.91 Å². The van der Waals surface area contributed by atoms with Crippen molar-refractivity contribution in [1.29, 1.82) is 0 Å². The molecule has 1 aliphatic carbocycles. The lowest BCUT2D eigenvalue weighted by molar-refractivity contribution is 0.0898. The highest BCUT2D eigenvalue weighted by molar-refractivity contribution is 7.89. The van der Waals surface area contributed by atoms with E-state index in [2.05, 4.69) is 10.0 Å². The molecule has 0 radical (unpaired) electrons. The smallest absolute Gasteiger partial charge is 0.251 e. The first-order chi connectivity index (χ1) is 13.9. The molecule has 156 valence electrons. The van der Waals surface area contributed by atoms with Crippen molar-refractivity contribution in [1.82, 2.24) is 10.0 Å². The van der Waals surface area contributed by atoms with E-state index in [0.717, 1.165) is 31.2 Å². The van der Waals surface area contributed by atoms with Gasteiger partial charge in [0.1, 0.15) is 5.82 Å². The Bertz CT molecular complexity index is 938. The summed E-state index contributed by atoms with van der Waals surface area (Å²) < 4.78 is 45.0. The number of amides is 1. The average Bonchev–Trinajstić information content (AvgIpc) is 3.18. The molecule has 2 N–H and O–H groups in total. The Morgan fingerprint density at radius 1 is 1.07 bits per heavy atom. The molecule has 1 fully saturated rings. The van der Waals surface area contributed by atoms with E-state index in [1.165, 1.54) is 43.5 Å². The zero-order valence-corrected chi connectivity index (χ0v) is 17.1. The van der Waals surface area contributed by atoms with Gasteiger partial charge in [-0.05, 0) is 54.8 Å². The van der Waals surface area contributed by atoms with Gasteiger partial charge in [-0.25, -0.2) is 17.5 Å². The van der Waals surface area contributed by atoms with E-state index < -0.39 is 15.6 Å². The van der Waals surface area contributed by atoms with Crippen molar-refractivity contribution in [3.8, 4) is 0 Å². The number of hydrogen-bond acceptors (Lipinski definition) is 4. The largest absolute Gasteiger partial charge is 0.383 e. The van der Waals surface area contributed by atoms with E-state index in [0.29, 0.717) is 5.56 Å². The van der Waals surface area contributed by atoms with Gasteiger partial charge in [0.05, 0.1) is 17.0 Å². The van der Waals surface area contributed by atoms with Gasteiger partial charge < -0.3 is 10.1 Å². The third-order valence-electron chi connectivity index (χ3n) is 5.23. The lowest BCUT2D eigenvalue weighted by atomic mass is 9.87. The molecule has 0 bridgehead atoms. The summed E-state index contributed by atoms with van der Waals surface area (Å²) >= 11 is 0. The van der Waals surface area contributed by atoms with E-state index in [9.17, 15) is 17.6 Å². The van der Waals surface area contributed by atoms with Crippen LogP contribution in [0, 0.1) is 5.82 Å². The number of sulfonamides is 1. The zero-order chi connectivity index (χ0) is 20.9. The molecule has 0 heterocycles. The highest BCUT2D eigenvalue weighted by Crippen LogP contribution is 2.39. The standard InChI is InChI=1S/C21H25FN2O4S/c1-28-15-14-23-29(26,27)19-10-4-16(5-11-19)20(25)24-21(12-2-3-13-21)17-6-8-18(22)9-7-17/h4-11,23H,2-3,12-15H2,1H3,(H,24,25). The number of carbonyl (C=O) groups is 1. The van der Waals surface area contributed by atoms with E-state index in [4.69, 9.17) is 4.74 Å². The van der Waals surface area contributed by atoms with Gasteiger partial charge in [-0.1, -0.05) is 25.0 Å². The molecule has 0 unspecified atom stereocenters. The second-order valence-corrected chi connectivity index (χ2v) is 8.93. The minimum Gasteiger partial charge on any atom is -0.383 e. The van der Waals surface area contributed by atoms with Crippen LogP contribution >= 0.6 is 0 Å². The van der Waals surface area contributed by atoms with Crippen molar-refractivity contribution < 1.29 is 22.3 Å². The molecule has 1 saturated carbocycles. The molecule has 0 aliphatic heterocycles. The first-order valence-corrected chi connectivity index (χ1v) is 11.0. The molecule has 2 aromatic carbocycles. The summed E-state index contributed by atoms with van der Waals surface area (Å²) in [6, 6.07) is 12.0. The Morgan fingerprint density at radius 3 is 2.28 bits per heavy atom. The molecule has 3 rings (SSSR count). The zero-order valence-electron chi connectivity index (χ0n) is 16.3. The SMILES string of the molecule is COCCNS(=O)(=O)c1ccc(C(=O)NC2(c3ccc(F)cc3)CCCC2)cc1. The quantitative estimate of drug-likeness (QED) is 0.643. The highest BCUT2D eigenvalue weighted by Gasteiger charge is 2.37. The molecular formula is C21H25FN2O4S. The molecule has 0 saturated heterocycles. The maximum absolute atomic E-state index is 13.3. The van der Waals surface area contributed by atoms with E-state index in [-0.39, 0.29) is 29.8 Å². The van der Waals surface area contributed by atoms with Gasteiger partial charge >= 0.3 is 0 Å². The Kier molecular flexibility index (Phi) is 6.66. The molecule has 6 nitrogen and oxygen atoms in total. The van der Waals surface area contributed by atoms with E-state index >= 15 is 0 Å². The summed E-state index contributed by atoms with van der Waals surface area (Å²) in [4.78, 5) is 12.9. The predicted molar refractivity (Wildman–Crippen MR) is 108 cm³/mol. The Hall–Kier alpha value is -2.29. The normalized spacial score (nSPS) is 15.9. The van der Waals surface area contributed by atoms with Gasteiger partial charge in [-0.2, -0.15) is 0 Å². The Balaban J connectivity index is 1.75. The maximum atomic E-state index is 13.3. The monoisotopic (exact) mass is 420 g/mol. The molecule has 2 aromatic rings. The number of ether oxygens (including phenoxy) is 1. The van der Waals surface area contributed by atoms with Crippen LogP contribution in [0.25, 0.3) is 0 Å². The van der Waals surface area contributed by atoms with Gasteiger partial charge in [0, 0.05) is 19.2 Å². The molecule has 1 aliphatic rings.